The number of ether oxygens (including phenoxy) is 1. The van der Waals surface area contributed by atoms with Crippen molar-refractivity contribution in [3.63, 3.8) is 0 Å². The number of hydrogen-bond donors (Lipinski definition) is 1. The van der Waals surface area contributed by atoms with Crippen LogP contribution in [-0.2, 0) is 16.2 Å². The quantitative estimate of drug-likeness (QED) is 0.587. The maximum Gasteiger partial charge on any atom is 0.416 e. The number of sulfonamides is 1. The molecule has 0 aliphatic heterocycles. The van der Waals surface area contributed by atoms with Crippen LogP contribution in [0.15, 0.2) is 65.8 Å². The van der Waals surface area contributed by atoms with Crippen LogP contribution in [0.3, 0.4) is 0 Å². The van der Waals surface area contributed by atoms with Gasteiger partial charge >= 0.3 is 6.18 Å². The molecule has 0 aliphatic carbocycles. The first-order chi connectivity index (χ1) is 13.6. The summed E-state index contributed by atoms with van der Waals surface area (Å²) < 4.78 is 71.1. The second kappa shape index (κ2) is 7.92. The molecule has 0 radical (unpaired) electrons. The number of methoxy groups -OCH3 is 1. The van der Waals surface area contributed by atoms with Gasteiger partial charge < -0.3 is 4.74 Å². The number of alkyl halides is 3. The van der Waals surface area contributed by atoms with E-state index in [0.717, 1.165) is 12.1 Å². The van der Waals surface area contributed by atoms with E-state index in [1.807, 2.05) is 0 Å². The number of anilines is 1. The maximum absolute atomic E-state index is 12.7. The number of benzene rings is 2. The van der Waals surface area contributed by atoms with Crippen LogP contribution >= 0.6 is 11.6 Å². The molecule has 0 aliphatic rings. The highest BCUT2D eigenvalue weighted by atomic mass is 35.5. The van der Waals surface area contributed by atoms with Crippen LogP contribution in [0.25, 0.3) is 11.1 Å². The van der Waals surface area contributed by atoms with E-state index in [1.165, 1.54) is 55.9 Å². The van der Waals surface area contributed by atoms with E-state index in [4.69, 9.17) is 16.3 Å². The minimum atomic E-state index is -4.44. The summed E-state index contributed by atoms with van der Waals surface area (Å²) in [5.74, 6) is 0.105. The Morgan fingerprint density at radius 2 is 1.69 bits per heavy atom. The number of nitrogens with zero attached hydrogens (tertiary/aromatic N) is 1. The summed E-state index contributed by atoms with van der Waals surface area (Å²) in [6.07, 6.45) is -1.74. The van der Waals surface area contributed by atoms with Crippen LogP contribution in [0, 0.1) is 0 Å². The first-order valence-electron chi connectivity index (χ1n) is 8.09. The maximum atomic E-state index is 12.7. The lowest BCUT2D eigenvalue weighted by Gasteiger charge is -2.13. The topological polar surface area (TPSA) is 68.3 Å². The SMILES string of the molecule is COc1ccc(Cl)cc1S(=O)(=O)Nc1cncc(-c2ccc(C(F)(F)F)cc2)c1. The van der Waals surface area contributed by atoms with Gasteiger partial charge in [-0.1, -0.05) is 23.7 Å². The van der Waals surface area contributed by atoms with Gasteiger partial charge in [0, 0.05) is 16.8 Å². The van der Waals surface area contributed by atoms with E-state index in [9.17, 15) is 21.6 Å². The van der Waals surface area contributed by atoms with Crippen molar-refractivity contribution >= 4 is 27.3 Å². The normalized spacial score (nSPS) is 11.9. The Morgan fingerprint density at radius 1 is 1.00 bits per heavy atom. The third-order valence-corrected chi connectivity index (χ3v) is 5.59. The molecule has 3 aromatic rings. The van der Waals surface area contributed by atoms with Gasteiger partial charge in [0.05, 0.1) is 24.6 Å². The molecule has 0 atom stereocenters. The van der Waals surface area contributed by atoms with Gasteiger partial charge in [-0.25, -0.2) is 8.42 Å². The van der Waals surface area contributed by atoms with Crippen molar-refractivity contribution in [2.45, 2.75) is 11.1 Å². The van der Waals surface area contributed by atoms with Crippen LogP contribution in [-0.4, -0.2) is 20.5 Å². The van der Waals surface area contributed by atoms with E-state index in [1.54, 1.807) is 0 Å². The largest absolute Gasteiger partial charge is 0.495 e. The fourth-order valence-electron chi connectivity index (χ4n) is 2.58. The smallest absolute Gasteiger partial charge is 0.416 e. The Labute approximate surface area is 170 Å². The summed E-state index contributed by atoms with van der Waals surface area (Å²) in [6, 6.07) is 10.1. The Bertz CT molecular complexity index is 1130. The van der Waals surface area contributed by atoms with Gasteiger partial charge in [0.15, 0.2) is 0 Å². The number of hydrogen-bond acceptors (Lipinski definition) is 4. The second-order valence-electron chi connectivity index (χ2n) is 5.94. The number of pyridine rings is 1. The van der Waals surface area contributed by atoms with Gasteiger partial charge in [0.2, 0.25) is 0 Å². The van der Waals surface area contributed by atoms with Crippen molar-refractivity contribution in [1.29, 1.82) is 0 Å². The third kappa shape index (κ3) is 4.80. The lowest BCUT2D eigenvalue weighted by Crippen LogP contribution is -2.14. The highest BCUT2D eigenvalue weighted by Gasteiger charge is 2.30. The van der Waals surface area contributed by atoms with Gasteiger partial charge in [0.1, 0.15) is 10.6 Å². The molecule has 0 spiro atoms. The van der Waals surface area contributed by atoms with E-state index >= 15 is 0 Å². The molecule has 0 unspecified atom stereocenters. The van der Waals surface area contributed by atoms with E-state index in [0.29, 0.717) is 11.1 Å². The minimum absolute atomic E-state index is 0.105. The van der Waals surface area contributed by atoms with Crippen molar-refractivity contribution in [2.24, 2.45) is 0 Å². The van der Waals surface area contributed by atoms with Gasteiger partial charge in [-0.15, -0.1) is 0 Å². The molecule has 1 N–H and O–H groups in total. The highest BCUT2D eigenvalue weighted by Crippen LogP contribution is 2.32. The summed E-state index contributed by atoms with van der Waals surface area (Å²) in [4.78, 5) is 3.80. The van der Waals surface area contributed by atoms with Crippen LogP contribution in [0.5, 0.6) is 5.75 Å². The molecular weight excluding hydrogens is 429 g/mol. The number of aromatic nitrogens is 1. The first-order valence-corrected chi connectivity index (χ1v) is 9.95. The number of rotatable bonds is 5. The third-order valence-electron chi connectivity index (χ3n) is 3.95. The lowest BCUT2D eigenvalue weighted by atomic mass is 10.1. The van der Waals surface area contributed by atoms with Crippen LogP contribution in [0.4, 0.5) is 18.9 Å². The Hall–Kier alpha value is -2.78. The Kier molecular flexibility index (Phi) is 5.72. The molecule has 0 saturated heterocycles. The Balaban J connectivity index is 1.91. The van der Waals surface area contributed by atoms with E-state index in [-0.39, 0.29) is 21.4 Å². The molecule has 0 amide bonds. The Morgan fingerprint density at radius 3 is 2.31 bits per heavy atom. The molecule has 29 heavy (non-hydrogen) atoms. The predicted octanol–water partition coefficient (Wildman–Crippen LogP) is 5.23. The van der Waals surface area contributed by atoms with Gasteiger partial charge in [0.25, 0.3) is 10.0 Å². The summed E-state index contributed by atoms with van der Waals surface area (Å²) in [5, 5.41) is 0.211. The fraction of sp³-hybridized carbons (Fsp3) is 0.105. The summed E-state index contributed by atoms with van der Waals surface area (Å²) in [7, 11) is -2.72. The number of nitrogens with one attached hydrogen (secondary N) is 1. The van der Waals surface area contributed by atoms with Crippen molar-refractivity contribution in [2.75, 3.05) is 11.8 Å². The zero-order chi connectivity index (χ0) is 21.2. The zero-order valence-electron chi connectivity index (χ0n) is 14.9. The fourth-order valence-corrected chi connectivity index (χ4v) is 4.04. The first kappa shape index (κ1) is 20.9. The summed E-state index contributed by atoms with van der Waals surface area (Å²) in [6.45, 7) is 0. The van der Waals surface area contributed by atoms with Crippen LogP contribution in [0.1, 0.15) is 5.56 Å². The van der Waals surface area contributed by atoms with E-state index < -0.39 is 21.8 Å². The molecule has 3 rings (SSSR count). The second-order valence-corrected chi connectivity index (χ2v) is 8.03. The molecule has 1 heterocycles. The molecule has 1 aromatic heterocycles. The molecule has 0 saturated carbocycles. The lowest BCUT2D eigenvalue weighted by molar-refractivity contribution is -0.137. The molecule has 2 aromatic carbocycles. The van der Waals surface area contributed by atoms with Crippen molar-refractivity contribution < 1.29 is 26.3 Å². The minimum Gasteiger partial charge on any atom is -0.495 e. The molecule has 10 heteroatoms. The molecule has 152 valence electrons. The zero-order valence-corrected chi connectivity index (χ0v) is 16.4. The van der Waals surface area contributed by atoms with Gasteiger partial charge in [-0.2, -0.15) is 13.2 Å². The predicted molar refractivity (Wildman–Crippen MR) is 103 cm³/mol. The molecular formula is C19H14ClF3N2O3S. The average Bonchev–Trinajstić information content (AvgIpc) is 2.67. The molecule has 0 bridgehead atoms. The van der Waals surface area contributed by atoms with Crippen LogP contribution in [0.2, 0.25) is 5.02 Å². The highest BCUT2D eigenvalue weighted by molar-refractivity contribution is 7.92. The van der Waals surface area contributed by atoms with Crippen LogP contribution < -0.4 is 9.46 Å². The monoisotopic (exact) mass is 442 g/mol. The number of halogens is 4. The van der Waals surface area contributed by atoms with E-state index in [2.05, 4.69) is 9.71 Å². The summed E-state index contributed by atoms with van der Waals surface area (Å²) >= 11 is 5.89. The summed E-state index contributed by atoms with van der Waals surface area (Å²) in [5.41, 5.74) is 0.243. The molecule has 0 fully saturated rings. The van der Waals surface area contributed by atoms with Gasteiger partial charge in [-0.3, -0.25) is 9.71 Å². The molecule has 5 nitrogen and oxygen atoms in total. The van der Waals surface area contributed by atoms with Crippen molar-refractivity contribution in [1.82, 2.24) is 4.98 Å². The van der Waals surface area contributed by atoms with Crippen molar-refractivity contribution in [3.8, 4) is 16.9 Å². The average molecular weight is 443 g/mol. The van der Waals surface area contributed by atoms with Gasteiger partial charge in [-0.05, 0) is 42.0 Å². The van der Waals surface area contributed by atoms with Crippen molar-refractivity contribution in [3.05, 3.63) is 71.5 Å². The standard InChI is InChI=1S/C19H14ClF3N2O3S/c1-28-17-7-6-15(20)9-18(17)29(26,27)25-16-8-13(10-24-11-16)12-2-4-14(5-3-12)19(21,22)23/h2-11,25H,1H3.